The number of carboxylic acids is 4. The van der Waals surface area contributed by atoms with Crippen molar-refractivity contribution in [2.45, 2.75) is 10.8 Å². The van der Waals surface area contributed by atoms with Gasteiger partial charge in [-0.2, -0.15) is 0 Å². The lowest BCUT2D eigenvalue weighted by Crippen LogP contribution is -2.49. The quantitative estimate of drug-likeness (QED) is 0.579. The second-order valence-corrected chi connectivity index (χ2v) is 5.91. The van der Waals surface area contributed by atoms with Gasteiger partial charge < -0.3 is 20.4 Å². The maximum absolute atomic E-state index is 11.7. The molecule has 8 nitrogen and oxygen atoms in total. The van der Waals surface area contributed by atoms with Gasteiger partial charge in [0.05, 0.1) is 11.1 Å². The first kappa shape index (κ1) is 17.8. The molecule has 0 aromatic heterocycles. The van der Waals surface area contributed by atoms with Crippen LogP contribution in [0.15, 0.2) is 23.8 Å². The molecule has 0 fully saturated rings. The summed E-state index contributed by atoms with van der Waals surface area (Å²) in [7, 11) is 0. The molecule has 0 saturated heterocycles. The van der Waals surface area contributed by atoms with Crippen molar-refractivity contribution in [2.24, 2.45) is 0 Å². The summed E-state index contributed by atoms with van der Waals surface area (Å²) in [5.41, 5.74) is -2.69. The van der Waals surface area contributed by atoms with E-state index in [1.54, 1.807) is 0 Å². The van der Waals surface area contributed by atoms with Gasteiger partial charge in [0.25, 0.3) is 0 Å². The molecule has 1 aromatic rings. The molecule has 1 aromatic carbocycles. The molecule has 0 radical (unpaired) electrons. The summed E-state index contributed by atoms with van der Waals surface area (Å²) in [6, 6.07) is 3.39. The number of fused-ring (bicyclic) bond motifs is 1. The lowest BCUT2D eigenvalue weighted by molar-refractivity contribution is -0.149. The van der Waals surface area contributed by atoms with Crippen LogP contribution in [0, 0.1) is 0 Å². The van der Waals surface area contributed by atoms with Gasteiger partial charge in [0.1, 0.15) is 5.92 Å². The van der Waals surface area contributed by atoms with Crippen molar-refractivity contribution in [2.75, 3.05) is 0 Å². The predicted molar refractivity (Wildman–Crippen MR) is 80.2 cm³/mol. The molecule has 2 atom stereocenters. The standard InChI is InChI=1S/C14H8Cl2O8/c15-4-1-2-5-6(3-4)8(11(19)20)14(16,13(23)24)9(12(21)22)7(5)10(17)18/h1-3,8H,(H,17,18)(H,19,20)(H,21,22)(H,23,24). The third-order valence-electron chi connectivity index (χ3n) is 3.59. The number of benzene rings is 1. The van der Waals surface area contributed by atoms with E-state index >= 15 is 0 Å². The fraction of sp³-hybridized carbons (Fsp3) is 0.143. The SMILES string of the molecule is O=C(O)C1=C(C(=O)O)C(Cl)(C(=O)O)C(C(=O)O)c2cc(Cl)ccc21. The van der Waals surface area contributed by atoms with Crippen molar-refractivity contribution < 1.29 is 39.6 Å². The molecule has 24 heavy (non-hydrogen) atoms. The maximum atomic E-state index is 11.7. The molecule has 0 saturated carbocycles. The average molecular weight is 375 g/mol. The summed E-state index contributed by atoms with van der Waals surface area (Å²) in [5, 5.41) is 37.5. The Morgan fingerprint density at radius 3 is 2.00 bits per heavy atom. The highest BCUT2D eigenvalue weighted by Gasteiger charge is 2.59. The smallest absolute Gasteiger partial charge is 0.336 e. The number of hydrogen-bond donors (Lipinski definition) is 4. The molecule has 0 spiro atoms. The van der Waals surface area contributed by atoms with Gasteiger partial charge in [-0.15, -0.1) is 0 Å². The summed E-state index contributed by atoms with van der Waals surface area (Å²) in [4.78, 5) is 43.4. The van der Waals surface area contributed by atoms with Gasteiger partial charge in [0.15, 0.2) is 4.87 Å². The van der Waals surface area contributed by atoms with Crippen LogP contribution in [0.1, 0.15) is 17.0 Å². The Balaban J connectivity index is 3.08. The van der Waals surface area contributed by atoms with Crippen molar-refractivity contribution in [3.05, 3.63) is 39.9 Å². The first-order chi connectivity index (χ1) is 11.0. The van der Waals surface area contributed by atoms with E-state index in [1.807, 2.05) is 0 Å². The Morgan fingerprint density at radius 1 is 1.00 bits per heavy atom. The van der Waals surface area contributed by atoms with Crippen LogP contribution in [0.5, 0.6) is 0 Å². The highest BCUT2D eigenvalue weighted by molar-refractivity contribution is 6.44. The molecule has 1 aliphatic rings. The van der Waals surface area contributed by atoms with Crippen LogP contribution in [0.3, 0.4) is 0 Å². The molecular weight excluding hydrogens is 367 g/mol. The zero-order valence-electron chi connectivity index (χ0n) is 11.5. The zero-order valence-corrected chi connectivity index (χ0v) is 13.0. The fourth-order valence-corrected chi connectivity index (χ4v) is 3.26. The summed E-state index contributed by atoms with van der Waals surface area (Å²) in [6.07, 6.45) is 0. The van der Waals surface area contributed by atoms with Gasteiger partial charge in [0.2, 0.25) is 0 Å². The number of rotatable bonds is 4. The third-order valence-corrected chi connectivity index (χ3v) is 4.40. The molecule has 2 unspecified atom stereocenters. The summed E-state index contributed by atoms with van der Waals surface area (Å²) in [5.74, 6) is -9.50. The minimum atomic E-state index is -3.02. The van der Waals surface area contributed by atoms with Crippen LogP contribution < -0.4 is 0 Å². The second kappa shape index (κ2) is 5.81. The van der Waals surface area contributed by atoms with E-state index in [1.165, 1.54) is 6.07 Å². The Kier molecular flexibility index (Phi) is 4.30. The first-order valence-corrected chi connectivity index (χ1v) is 6.95. The van der Waals surface area contributed by atoms with Crippen LogP contribution in [0.25, 0.3) is 5.57 Å². The minimum absolute atomic E-state index is 0.00733. The van der Waals surface area contributed by atoms with Crippen molar-refractivity contribution >= 4 is 52.7 Å². The van der Waals surface area contributed by atoms with E-state index in [9.17, 15) is 39.6 Å². The predicted octanol–water partition coefficient (Wildman–Crippen LogP) is 1.51. The van der Waals surface area contributed by atoms with Crippen molar-refractivity contribution in [3.63, 3.8) is 0 Å². The average Bonchev–Trinajstić information content (AvgIpc) is 2.44. The van der Waals surface area contributed by atoms with Gasteiger partial charge in [-0.3, -0.25) is 4.79 Å². The van der Waals surface area contributed by atoms with Crippen LogP contribution >= 0.6 is 23.2 Å². The fourth-order valence-electron chi connectivity index (χ4n) is 2.69. The third kappa shape index (κ3) is 2.40. The van der Waals surface area contributed by atoms with Gasteiger partial charge in [-0.1, -0.05) is 29.3 Å². The molecule has 0 aliphatic heterocycles. The van der Waals surface area contributed by atoms with Gasteiger partial charge in [-0.05, 0) is 23.3 Å². The highest BCUT2D eigenvalue weighted by Crippen LogP contribution is 2.50. The maximum Gasteiger partial charge on any atom is 0.336 e. The zero-order chi connectivity index (χ0) is 18.4. The number of hydrogen-bond acceptors (Lipinski definition) is 4. The molecule has 0 amide bonds. The van der Waals surface area contributed by atoms with E-state index in [0.717, 1.165) is 12.1 Å². The first-order valence-electron chi connectivity index (χ1n) is 6.19. The summed E-state index contributed by atoms with van der Waals surface area (Å²) < 4.78 is 0. The van der Waals surface area contributed by atoms with E-state index in [-0.39, 0.29) is 16.1 Å². The molecule has 0 bridgehead atoms. The Labute approximate surface area is 143 Å². The van der Waals surface area contributed by atoms with E-state index in [0.29, 0.717) is 0 Å². The second-order valence-electron chi connectivity index (χ2n) is 4.88. The van der Waals surface area contributed by atoms with Crippen molar-refractivity contribution in [1.29, 1.82) is 0 Å². The highest BCUT2D eigenvalue weighted by atomic mass is 35.5. The molecule has 1 aliphatic carbocycles. The van der Waals surface area contributed by atoms with Crippen LogP contribution in [0.4, 0.5) is 0 Å². The van der Waals surface area contributed by atoms with Crippen molar-refractivity contribution in [3.8, 4) is 0 Å². The Bertz CT molecular complexity index is 828. The lowest BCUT2D eigenvalue weighted by atomic mass is 9.70. The number of aliphatic carboxylic acids is 4. The molecule has 126 valence electrons. The number of carbonyl (C=O) groups is 4. The van der Waals surface area contributed by atoms with Crippen molar-refractivity contribution in [1.82, 2.24) is 0 Å². The monoisotopic (exact) mass is 374 g/mol. The Morgan fingerprint density at radius 2 is 1.58 bits per heavy atom. The summed E-state index contributed by atoms with van der Waals surface area (Å²) >= 11 is 11.7. The van der Waals surface area contributed by atoms with Crippen LogP contribution in [0.2, 0.25) is 5.02 Å². The van der Waals surface area contributed by atoms with Gasteiger partial charge >= 0.3 is 23.9 Å². The van der Waals surface area contributed by atoms with E-state index in [2.05, 4.69) is 0 Å². The molecular formula is C14H8Cl2O8. The molecule has 10 heteroatoms. The topological polar surface area (TPSA) is 149 Å². The number of alkyl halides is 1. The minimum Gasteiger partial charge on any atom is -0.481 e. The van der Waals surface area contributed by atoms with Gasteiger partial charge in [0, 0.05) is 5.02 Å². The number of halogens is 2. The lowest BCUT2D eigenvalue weighted by Gasteiger charge is -2.35. The van der Waals surface area contributed by atoms with Gasteiger partial charge in [-0.25, -0.2) is 14.4 Å². The van der Waals surface area contributed by atoms with E-state index < -0.39 is 45.8 Å². The van der Waals surface area contributed by atoms with Crippen LogP contribution in [-0.2, 0) is 19.2 Å². The van der Waals surface area contributed by atoms with E-state index in [4.69, 9.17) is 23.2 Å². The largest absolute Gasteiger partial charge is 0.481 e. The normalized spacial score (nSPS) is 22.7. The van der Waals surface area contributed by atoms with Crippen LogP contribution in [-0.4, -0.2) is 49.2 Å². The summed E-state index contributed by atoms with van der Waals surface area (Å²) in [6.45, 7) is 0. The Hall–Kier alpha value is -2.58. The molecule has 0 heterocycles. The molecule has 2 rings (SSSR count). The molecule has 4 N–H and O–H groups in total. The number of carboxylic acid groups (broad SMARTS) is 4.